The first kappa shape index (κ1) is 11.5. The van der Waals surface area contributed by atoms with Gasteiger partial charge in [-0.25, -0.2) is 0 Å². The van der Waals surface area contributed by atoms with Gasteiger partial charge in [-0.1, -0.05) is 11.6 Å². The predicted molar refractivity (Wildman–Crippen MR) is 57.9 cm³/mol. The van der Waals surface area contributed by atoms with Crippen molar-refractivity contribution in [2.75, 3.05) is 13.2 Å². The molecule has 1 aliphatic rings. The van der Waals surface area contributed by atoms with E-state index in [1.165, 1.54) is 0 Å². The number of furan rings is 1. The lowest BCUT2D eigenvalue weighted by atomic mass is 9.98. The third kappa shape index (κ3) is 2.57. The smallest absolute Gasteiger partial charge is 0.311 e. The molecule has 0 atom stereocenters. The lowest BCUT2D eigenvalue weighted by molar-refractivity contribution is -0.136. The predicted octanol–water partition coefficient (Wildman–Crippen LogP) is 2.45. The van der Waals surface area contributed by atoms with Gasteiger partial charge in [0.1, 0.15) is 17.9 Å². The second kappa shape index (κ2) is 4.89. The monoisotopic (exact) mass is 244 g/mol. The minimum Gasteiger partial charge on any atom is -0.481 e. The minimum atomic E-state index is -0.913. The van der Waals surface area contributed by atoms with Crippen molar-refractivity contribution in [2.45, 2.75) is 25.2 Å². The van der Waals surface area contributed by atoms with Gasteiger partial charge in [-0.2, -0.15) is 0 Å². The first-order valence-electron chi connectivity index (χ1n) is 5.24. The molecule has 2 rings (SSSR count). The van der Waals surface area contributed by atoms with Gasteiger partial charge in [0.25, 0.3) is 0 Å². The number of carbonyl (C=O) groups is 1. The Labute approximate surface area is 98.1 Å². The topological polar surface area (TPSA) is 59.7 Å². The Morgan fingerprint density at radius 3 is 2.81 bits per heavy atom. The van der Waals surface area contributed by atoms with Crippen LogP contribution >= 0.6 is 11.6 Å². The van der Waals surface area contributed by atoms with Crippen molar-refractivity contribution in [3.05, 3.63) is 22.6 Å². The molecular weight excluding hydrogens is 232 g/mol. The summed E-state index contributed by atoms with van der Waals surface area (Å²) in [4.78, 5) is 10.5. The zero-order chi connectivity index (χ0) is 11.5. The number of aliphatic carboxylic acids is 1. The fraction of sp³-hybridized carbons (Fsp3) is 0.545. The summed E-state index contributed by atoms with van der Waals surface area (Å²) in [6.07, 6.45) is 1.63. The quantitative estimate of drug-likeness (QED) is 0.887. The van der Waals surface area contributed by atoms with Crippen molar-refractivity contribution >= 4 is 17.6 Å². The highest BCUT2D eigenvalue weighted by Gasteiger charge is 2.23. The molecule has 0 amide bonds. The maximum absolute atomic E-state index is 10.5. The van der Waals surface area contributed by atoms with Crippen molar-refractivity contribution in [1.82, 2.24) is 0 Å². The Balaban J connectivity index is 2.13. The molecule has 88 valence electrons. The molecule has 5 heteroatoms. The van der Waals surface area contributed by atoms with Gasteiger partial charge in [0, 0.05) is 19.1 Å². The Morgan fingerprint density at radius 1 is 1.50 bits per heavy atom. The molecule has 1 aromatic heterocycles. The maximum Gasteiger partial charge on any atom is 0.311 e. The van der Waals surface area contributed by atoms with Crippen LogP contribution in [0.2, 0.25) is 5.02 Å². The van der Waals surface area contributed by atoms with Crippen LogP contribution in [-0.4, -0.2) is 24.3 Å². The summed E-state index contributed by atoms with van der Waals surface area (Å²) in [5.74, 6) is 0.466. The van der Waals surface area contributed by atoms with Crippen LogP contribution in [0.4, 0.5) is 0 Å². The van der Waals surface area contributed by atoms with E-state index >= 15 is 0 Å². The van der Waals surface area contributed by atoms with E-state index in [2.05, 4.69) is 0 Å². The SMILES string of the molecule is O=C(O)Cc1cc(Cl)c(C2CCOCC2)o1. The Bertz CT molecular complexity index is 379. The fourth-order valence-electron chi connectivity index (χ4n) is 1.91. The number of rotatable bonds is 3. The van der Waals surface area contributed by atoms with E-state index in [0.29, 0.717) is 29.8 Å². The molecule has 1 saturated heterocycles. The summed E-state index contributed by atoms with van der Waals surface area (Å²) in [6.45, 7) is 1.41. The van der Waals surface area contributed by atoms with Crippen LogP contribution in [0.3, 0.4) is 0 Å². The molecule has 0 aliphatic carbocycles. The largest absolute Gasteiger partial charge is 0.481 e. The normalized spacial score (nSPS) is 17.6. The van der Waals surface area contributed by atoms with Crippen LogP contribution in [0.15, 0.2) is 10.5 Å². The van der Waals surface area contributed by atoms with Gasteiger partial charge < -0.3 is 14.3 Å². The van der Waals surface area contributed by atoms with E-state index in [4.69, 9.17) is 25.9 Å². The third-order valence-corrected chi connectivity index (χ3v) is 2.98. The van der Waals surface area contributed by atoms with Crippen LogP contribution < -0.4 is 0 Å². The molecule has 0 radical (unpaired) electrons. The highest BCUT2D eigenvalue weighted by atomic mass is 35.5. The van der Waals surface area contributed by atoms with Crippen molar-refractivity contribution in [2.24, 2.45) is 0 Å². The van der Waals surface area contributed by atoms with Crippen LogP contribution in [0.25, 0.3) is 0 Å². The number of ether oxygens (including phenoxy) is 1. The lowest BCUT2D eigenvalue weighted by Gasteiger charge is -2.20. The zero-order valence-electron chi connectivity index (χ0n) is 8.74. The fourth-order valence-corrected chi connectivity index (χ4v) is 2.22. The Hall–Kier alpha value is -1.00. The van der Waals surface area contributed by atoms with E-state index in [1.54, 1.807) is 6.07 Å². The molecule has 0 spiro atoms. The average Bonchev–Trinajstić information content (AvgIpc) is 2.60. The molecule has 2 heterocycles. The Kier molecular flexibility index (Phi) is 3.51. The van der Waals surface area contributed by atoms with Gasteiger partial charge in [-0.3, -0.25) is 4.79 Å². The third-order valence-electron chi connectivity index (χ3n) is 2.68. The molecular formula is C11H13ClO4. The zero-order valence-corrected chi connectivity index (χ0v) is 9.50. The molecule has 0 saturated carbocycles. The summed E-state index contributed by atoms with van der Waals surface area (Å²) >= 11 is 6.03. The lowest BCUT2D eigenvalue weighted by Crippen LogP contribution is -2.13. The molecule has 1 fully saturated rings. The first-order valence-corrected chi connectivity index (χ1v) is 5.62. The minimum absolute atomic E-state index is 0.122. The Morgan fingerprint density at radius 2 is 2.19 bits per heavy atom. The van der Waals surface area contributed by atoms with Gasteiger partial charge in [0.2, 0.25) is 0 Å². The molecule has 1 aromatic rings. The second-order valence-corrected chi connectivity index (χ2v) is 4.29. The van der Waals surface area contributed by atoms with Gasteiger partial charge >= 0.3 is 5.97 Å². The number of carboxylic acid groups (broad SMARTS) is 1. The van der Waals surface area contributed by atoms with E-state index in [9.17, 15) is 4.79 Å². The van der Waals surface area contributed by atoms with E-state index in [1.807, 2.05) is 0 Å². The van der Waals surface area contributed by atoms with Gasteiger partial charge in [0.15, 0.2) is 0 Å². The van der Waals surface area contributed by atoms with E-state index in [0.717, 1.165) is 12.8 Å². The summed E-state index contributed by atoms with van der Waals surface area (Å²) in [7, 11) is 0. The van der Waals surface area contributed by atoms with Gasteiger partial charge in [0.05, 0.1) is 5.02 Å². The summed E-state index contributed by atoms with van der Waals surface area (Å²) in [5, 5.41) is 9.19. The number of hydrogen-bond donors (Lipinski definition) is 1. The van der Waals surface area contributed by atoms with Gasteiger partial charge in [-0.15, -0.1) is 0 Å². The average molecular weight is 245 g/mol. The summed E-state index contributed by atoms with van der Waals surface area (Å²) < 4.78 is 10.7. The van der Waals surface area contributed by atoms with Crippen molar-refractivity contribution in [3.63, 3.8) is 0 Å². The molecule has 16 heavy (non-hydrogen) atoms. The molecule has 4 nitrogen and oxygen atoms in total. The van der Waals surface area contributed by atoms with Crippen LogP contribution in [0.5, 0.6) is 0 Å². The highest BCUT2D eigenvalue weighted by Crippen LogP contribution is 2.34. The molecule has 0 aromatic carbocycles. The van der Waals surface area contributed by atoms with Crippen LogP contribution in [0.1, 0.15) is 30.3 Å². The standard InChI is InChI=1S/C11H13ClO4/c12-9-5-8(6-10(13)14)16-11(9)7-1-3-15-4-2-7/h5,7H,1-4,6H2,(H,13,14). The van der Waals surface area contributed by atoms with Crippen LogP contribution in [0, 0.1) is 0 Å². The van der Waals surface area contributed by atoms with Crippen molar-refractivity contribution in [1.29, 1.82) is 0 Å². The number of carboxylic acids is 1. The summed E-state index contributed by atoms with van der Waals surface area (Å²) in [6, 6.07) is 1.60. The maximum atomic E-state index is 10.5. The summed E-state index contributed by atoms with van der Waals surface area (Å²) in [5.41, 5.74) is 0. The highest BCUT2D eigenvalue weighted by molar-refractivity contribution is 6.31. The van der Waals surface area contributed by atoms with Gasteiger partial charge in [-0.05, 0) is 18.9 Å². The molecule has 1 N–H and O–H groups in total. The van der Waals surface area contributed by atoms with E-state index in [-0.39, 0.29) is 12.3 Å². The molecule has 0 unspecified atom stereocenters. The van der Waals surface area contributed by atoms with Crippen LogP contribution in [-0.2, 0) is 16.0 Å². The van der Waals surface area contributed by atoms with E-state index < -0.39 is 5.97 Å². The first-order chi connectivity index (χ1) is 7.66. The number of halogens is 1. The molecule has 1 aliphatic heterocycles. The molecule has 0 bridgehead atoms. The number of hydrogen-bond acceptors (Lipinski definition) is 3. The van der Waals surface area contributed by atoms with Crippen molar-refractivity contribution in [3.8, 4) is 0 Å². The van der Waals surface area contributed by atoms with Crippen molar-refractivity contribution < 1.29 is 19.1 Å². The second-order valence-electron chi connectivity index (χ2n) is 3.88.